The van der Waals surface area contributed by atoms with Gasteiger partial charge in [-0.1, -0.05) is 24.3 Å². The van der Waals surface area contributed by atoms with Crippen LogP contribution in [0.1, 0.15) is 36.7 Å². The van der Waals surface area contributed by atoms with E-state index in [0.29, 0.717) is 28.2 Å². The Kier molecular flexibility index (Phi) is 8.70. The third-order valence-electron chi connectivity index (χ3n) is 4.76. The molecule has 0 radical (unpaired) electrons. The normalized spacial score (nSPS) is 11.1. The van der Waals surface area contributed by atoms with Gasteiger partial charge < -0.3 is 29.1 Å². The number of hydrogen-bond donors (Lipinski definition) is 2. The Morgan fingerprint density at radius 2 is 1.89 bits per heavy atom. The topological polar surface area (TPSA) is 107 Å². The molecule has 0 fully saturated rings. The van der Waals surface area contributed by atoms with Crippen molar-refractivity contribution < 1.29 is 33.3 Å². The second-order valence-electron chi connectivity index (χ2n) is 8.51. The standard InChI is InChI=1S/C26H29NO7S/c1-26(2,3)34-25(30)27-12-14-33-23-19(17-11-13-32-15-17)10-9-18(22(23)24(28)29)16-35-21-8-6-5-7-20(21)31-4/h5-11,13,15H,12,14,16H2,1-4H3,(H,27,30)(H,28,29). The quantitative estimate of drug-likeness (QED) is 0.264. The van der Waals surface area contributed by atoms with Crippen LogP contribution in [0.2, 0.25) is 0 Å². The molecular formula is C26H29NO7S. The number of rotatable bonds is 10. The van der Waals surface area contributed by atoms with Crippen molar-refractivity contribution in [3.8, 4) is 22.6 Å². The van der Waals surface area contributed by atoms with Crippen molar-refractivity contribution in [1.82, 2.24) is 5.32 Å². The van der Waals surface area contributed by atoms with Crippen molar-refractivity contribution in [1.29, 1.82) is 0 Å². The van der Waals surface area contributed by atoms with Crippen LogP contribution in [0, 0.1) is 0 Å². The molecule has 0 bridgehead atoms. The van der Waals surface area contributed by atoms with Crippen LogP contribution in [0.4, 0.5) is 4.79 Å². The second-order valence-corrected chi connectivity index (χ2v) is 9.53. The van der Waals surface area contributed by atoms with Crippen molar-refractivity contribution >= 4 is 23.8 Å². The Labute approximate surface area is 208 Å². The van der Waals surface area contributed by atoms with Gasteiger partial charge >= 0.3 is 12.1 Å². The van der Waals surface area contributed by atoms with E-state index in [4.69, 9.17) is 18.6 Å². The van der Waals surface area contributed by atoms with Crippen LogP contribution >= 0.6 is 11.8 Å². The molecule has 0 atom stereocenters. The lowest BCUT2D eigenvalue weighted by Crippen LogP contribution is -2.34. The SMILES string of the molecule is COc1ccccc1SCc1ccc(-c2ccoc2)c(OCCNC(=O)OC(C)(C)C)c1C(=O)O. The highest BCUT2D eigenvalue weighted by atomic mass is 32.2. The van der Waals surface area contributed by atoms with E-state index in [2.05, 4.69) is 5.32 Å². The highest BCUT2D eigenvalue weighted by Gasteiger charge is 2.23. The minimum absolute atomic E-state index is 0.0491. The highest BCUT2D eigenvalue weighted by Crippen LogP contribution is 2.39. The van der Waals surface area contributed by atoms with Gasteiger partial charge in [-0.3, -0.25) is 0 Å². The number of amides is 1. The minimum atomic E-state index is -1.11. The van der Waals surface area contributed by atoms with E-state index in [1.807, 2.05) is 30.3 Å². The average Bonchev–Trinajstić information content (AvgIpc) is 3.33. The number of carbonyl (C=O) groups excluding carboxylic acids is 1. The van der Waals surface area contributed by atoms with Gasteiger partial charge in [-0.25, -0.2) is 9.59 Å². The molecule has 0 aliphatic heterocycles. The fourth-order valence-corrected chi connectivity index (χ4v) is 4.31. The molecule has 0 aliphatic carbocycles. The fourth-order valence-electron chi connectivity index (χ4n) is 3.29. The van der Waals surface area contributed by atoms with E-state index < -0.39 is 17.7 Å². The van der Waals surface area contributed by atoms with E-state index in [0.717, 1.165) is 4.90 Å². The highest BCUT2D eigenvalue weighted by molar-refractivity contribution is 7.98. The summed E-state index contributed by atoms with van der Waals surface area (Å²) >= 11 is 1.47. The van der Waals surface area contributed by atoms with E-state index in [-0.39, 0.29) is 24.5 Å². The summed E-state index contributed by atoms with van der Waals surface area (Å²) in [6.07, 6.45) is 2.46. The van der Waals surface area contributed by atoms with Gasteiger partial charge in [0.1, 0.15) is 29.3 Å². The van der Waals surface area contributed by atoms with Gasteiger partial charge in [0.2, 0.25) is 0 Å². The van der Waals surface area contributed by atoms with Crippen LogP contribution in [-0.4, -0.2) is 43.0 Å². The van der Waals surface area contributed by atoms with Crippen LogP contribution in [0.5, 0.6) is 11.5 Å². The molecule has 0 saturated carbocycles. The first kappa shape index (κ1) is 26.0. The lowest BCUT2D eigenvalue weighted by Gasteiger charge is -2.20. The number of thioether (sulfide) groups is 1. The van der Waals surface area contributed by atoms with Crippen molar-refractivity contribution in [2.45, 2.75) is 37.0 Å². The average molecular weight is 500 g/mol. The maximum atomic E-state index is 12.4. The van der Waals surface area contributed by atoms with Gasteiger partial charge in [-0.2, -0.15) is 0 Å². The van der Waals surface area contributed by atoms with Crippen LogP contribution in [0.25, 0.3) is 11.1 Å². The van der Waals surface area contributed by atoms with Gasteiger partial charge in [0.15, 0.2) is 0 Å². The lowest BCUT2D eigenvalue weighted by molar-refractivity contribution is 0.0518. The zero-order valence-corrected chi connectivity index (χ0v) is 20.9. The van der Waals surface area contributed by atoms with Crippen LogP contribution in [-0.2, 0) is 10.5 Å². The number of carboxylic acid groups (broad SMARTS) is 1. The van der Waals surface area contributed by atoms with Crippen molar-refractivity contribution in [2.75, 3.05) is 20.3 Å². The number of aromatic carboxylic acids is 1. The fraction of sp³-hybridized carbons (Fsp3) is 0.308. The van der Waals surface area contributed by atoms with Crippen molar-refractivity contribution in [3.05, 3.63) is 66.1 Å². The third-order valence-corrected chi connectivity index (χ3v) is 5.86. The predicted molar refractivity (Wildman–Crippen MR) is 133 cm³/mol. The molecule has 186 valence electrons. The Bertz CT molecular complexity index is 1150. The molecule has 0 aliphatic rings. The molecule has 35 heavy (non-hydrogen) atoms. The van der Waals surface area contributed by atoms with Gasteiger partial charge in [-0.05, 0) is 44.5 Å². The number of methoxy groups -OCH3 is 1. The van der Waals surface area contributed by atoms with E-state index in [1.54, 1.807) is 40.0 Å². The molecule has 8 nitrogen and oxygen atoms in total. The summed E-state index contributed by atoms with van der Waals surface area (Å²) in [6.45, 7) is 5.50. The largest absolute Gasteiger partial charge is 0.496 e. The molecule has 2 N–H and O–H groups in total. The number of furan rings is 1. The summed E-state index contributed by atoms with van der Waals surface area (Å²) < 4.78 is 21.8. The molecule has 1 amide bonds. The van der Waals surface area contributed by atoms with E-state index in [1.165, 1.54) is 24.3 Å². The number of ether oxygens (including phenoxy) is 3. The molecule has 3 rings (SSSR count). The Morgan fingerprint density at radius 1 is 1.11 bits per heavy atom. The first-order valence-corrected chi connectivity index (χ1v) is 12.0. The number of hydrogen-bond acceptors (Lipinski definition) is 7. The lowest BCUT2D eigenvalue weighted by atomic mass is 9.99. The van der Waals surface area contributed by atoms with Gasteiger partial charge in [-0.15, -0.1) is 11.8 Å². The molecule has 1 aromatic heterocycles. The molecule has 3 aromatic rings. The Balaban J connectivity index is 1.84. The number of carboxylic acids is 1. The number of benzene rings is 2. The number of carbonyl (C=O) groups is 2. The minimum Gasteiger partial charge on any atom is -0.496 e. The summed E-state index contributed by atoms with van der Waals surface area (Å²) in [5.41, 5.74) is 1.30. The molecule has 0 spiro atoms. The van der Waals surface area contributed by atoms with E-state index in [9.17, 15) is 14.7 Å². The van der Waals surface area contributed by atoms with E-state index >= 15 is 0 Å². The second kappa shape index (κ2) is 11.7. The zero-order chi connectivity index (χ0) is 25.4. The summed E-state index contributed by atoms with van der Waals surface area (Å²) in [5, 5.41) is 12.7. The summed E-state index contributed by atoms with van der Waals surface area (Å²) in [5.74, 6) is 0.207. The maximum absolute atomic E-state index is 12.4. The Morgan fingerprint density at radius 3 is 2.54 bits per heavy atom. The van der Waals surface area contributed by atoms with Crippen molar-refractivity contribution in [2.24, 2.45) is 0 Å². The molecule has 0 saturated heterocycles. The molecular weight excluding hydrogens is 470 g/mol. The summed E-state index contributed by atoms with van der Waals surface area (Å²) in [4.78, 5) is 25.2. The van der Waals surface area contributed by atoms with Gasteiger partial charge in [0.25, 0.3) is 0 Å². The Hall–Kier alpha value is -3.59. The third kappa shape index (κ3) is 7.19. The smallest absolute Gasteiger partial charge is 0.407 e. The summed E-state index contributed by atoms with van der Waals surface area (Å²) in [7, 11) is 1.60. The molecule has 2 aromatic carbocycles. The zero-order valence-electron chi connectivity index (χ0n) is 20.1. The van der Waals surface area contributed by atoms with Gasteiger partial charge in [0.05, 0.1) is 26.2 Å². The molecule has 1 heterocycles. The number of para-hydroxylation sites is 1. The molecule has 9 heteroatoms. The van der Waals surface area contributed by atoms with Crippen molar-refractivity contribution in [3.63, 3.8) is 0 Å². The summed E-state index contributed by atoms with van der Waals surface area (Å²) in [6, 6.07) is 12.9. The molecule has 0 unspecified atom stereocenters. The van der Waals surface area contributed by atoms with Crippen LogP contribution < -0.4 is 14.8 Å². The predicted octanol–water partition coefficient (Wildman–Crippen LogP) is 5.85. The first-order chi connectivity index (χ1) is 16.7. The van der Waals surface area contributed by atoms with Gasteiger partial charge in [0, 0.05) is 21.8 Å². The number of nitrogens with one attached hydrogen (secondary N) is 1. The van der Waals surface area contributed by atoms with Crippen LogP contribution in [0.3, 0.4) is 0 Å². The van der Waals surface area contributed by atoms with Crippen LogP contribution in [0.15, 0.2) is 64.3 Å². The number of alkyl carbamates (subject to hydrolysis) is 1. The maximum Gasteiger partial charge on any atom is 0.407 e. The monoisotopic (exact) mass is 499 g/mol. The first-order valence-electron chi connectivity index (χ1n) is 11.0.